The van der Waals surface area contributed by atoms with Gasteiger partial charge in [0, 0.05) is 25.9 Å². The second kappa shape index (κ2) is 6.55. The molecule has 4 nitrogen and oxygen atoms in total. The van der Waals surface area contributed by atoms with Gasteiger partial charge >= 0.3 is 6.18 Å². The standard InChI is InChI=1S/C14H18F3NO3S/c1-22(19,20)8-6-18-5-7-21-13(10-18)11-3-2-4-12(9-11)14(15,16)17/h2-4,9,13H,5-8,10H2,1H3/t13-/m1/s1. The summed E-state index contributed by atoms with van der Waals surface area (Å²) in [6.07, 6.45) is -3.70. The summed E-state index contributed by atoms with van der Waals surface area (Å²) in [5.41, 5.74) is -0.249. The van der Waals surface area contributed by atoms with Crippen LogP contribution < -0.4 is 0 Å². The minimum absolute atomic E-state index is 0.0301. The van der Waals surface area contributed by atoms with Crippen molar-refractivity contribution in [1.82, 2.24) is 4.90 Å². The number of halogens is 3. The monoisotopic (exact) mass is 337 g/mol. The van der Waals surface area contributed by atoms with Crippen LogP contribution in [0, 0.1) is 0 Å². The fourth-order valence-corrected chi connectivity index (χ4v) is 2.91. The lowest BCUT2D eigenvalue weighted by Crippen LogP contribution is -2.40. The summed E-state index contributed by atoms with van der Waals surface area (Å²) < 4.78 is 66.2. The number of sulfone groups is 1. The second-order valence-electron chi connectivity index (χ2n) is 5.41. The van der Waals surface area contributed by atoms with Gasteiger partial charge in [0.25, 0.3) is 0 Å². The molecule has 1 atom stereocenters. The van der Waals surface area contributed by atoms with Crippen molar-refractivity contribution in [2.24, 2.45) is 0 Å². The van der Waals surface area contributed by atoms with E-state index in [9.17, 15) is 21.6 Å². The Kier molecular flexibility index (Phi) is 5.14. The van der Waals surface area contributed by atoms with Gasteiger partial charge in [-0.1, -0.05) is 12.1 Å². The van der Waals surface area contributed by atoms with Gasteiger partial charge in [0.1, 0.15) is 9.84 Å². The lowest BCUT2D eigenvalue weighted by Gasteiger charge is -2.33. The van der Waals surface area contributed by atoms with Crippen LogP contribution in [0.2, 0.25) is 0 Å². The van der Waals surface area contributed by atoms with E-state index < -0.39 is 27.7 Å². The van der Waals surface area contributed by atoms with Gasteiger partial charge in [0.2, 0.25) is 0 Å². The van der Waals surface area contributed by atoms with Gasteiger partial charge < -0.3 is 4.74 Å². The molecule has 1 saturated heterocycles. The quantitative estimate of drug-likeness (QED) is 0.844. The van der Waals surface area contributed by atoms with Gasteiger partial charge in [0.15, 0.2) is 0 Å². The van der Waals surface area contributed by atoms with Crippen molar-refractivity contribution in [3.8, 4) is 0 Å². The van der Waals surface area contributed by atoms with Crippen LogP contribution in [0.5, 0.6) is 0 Å². The SMILES string of the molecule is CS(=O)(=O)CCN1CCO[C@@H](c2cccc(C(F)(F)F)c2)C1. The lowest BCUT2D eigenvalue weighted by atomic mass is 10.0. The Morgan fingerprint density at radius 3 is 2.73 bits per heavy atom. The molecule has 0 aliphatic carbocycles. The van der Waals surface area contributed by atoms with E-state index in [-0.39, 0.29) is 5.75 Å². The highest BCUT2D eigenvalue weighted by atomic mass is 32.2. The number of ether oxygens (including phenoxy) is 1. The largest absolute Gasteiger partial charge is 0.416 e. The summed E-state index contributed by atoms with van der Waals surface area (Å²) in [5, 5.41) is 0. The van der Waals surface area contributed by atoms with E-state index in [0.29, 0.717) is 31.8 Å². The number of nitrogens with zero attached hydrogens (tertiary/aromatic N) is 1. The van der Waals surface area contributed by atoms with Gasteiger partial charge in [-0.2, -0.15) is 13.2 Å². The summed E-state index contributed by atoms with van der Waals surface area (Å²) in [7, 11) is -3.06. The molecule has 0 bridgehead atoms. The molecule has 1 aliphatic heterocycles. The third kappa shape index (κ3) is 4.96. The molecule has 0 saturated carbocycles. The fourth-order valence-electron chi connectivity index (χ4n) is 2.32. The van der Waals surface area contributed by atoms with Crippen LogP contribution in [0.25, 0.3) is 0 Å². The average molecular weight is 337 g/mol. The van der Waals surface area contributed by atoms with Crippen molar-refractivity contribution in [1.29, 1.82) is 0 Å². The second-order valence-corrected chi connectivity index (χ2v) is 7.67. The predicted octanol–water partition coefficient (Wildman–Crippen LogP) is 2.12. The highest BCUT2D eigenvalue weighted by Gasteiger charge is 2.31. The average Bonchev–Trinajstić information content (AvgIpc) is 2.44. The molecule has 8 heteroatoms. The Morgan fingerprint density at radius 1 is 1.36 bits per heavy atom. The van der Waals surface area contributed by atoms with Crippen LogP contribution in [-0.2, 0) is 20.8 Å². The number of rotatable bonds is 4. The fraction of sp³-hybridized carbons (Fsp3) is 0.571. The number of benzene rings is 1. The van der Waals surface area contributed by atoms with Crippen LogP contribution in [0.3, 0.4) is 0 Å². The first-order valence-electron chi connectivity index (χ1n) is 6.84. The Bertz CT molecular complexity index is 616. The molecule has 2 rings (SSSR count). The third-order valence-electron chi connectivity index (χ3n) is 3.51. The Hall–Kier alpha value is -1.12. The Morgan fingerprint density at radius 2 is 2.09 bits per heavy atom. The smallest absolute Gasteiger partial charge is 0.371 e. The molecular weight excluding hydrogens is 319 g/mol. The van der Waals surface area contributed by atoms with E-state index in [2.05, 4.69) is 0 Å². The minimum atomic E-state index is -4.39. The summed E-state index contributed by atoms with van der Waals surface area (Å²) in [6, 6.07) is 5.06. The zero-order valence-electron chi connectivity index (χ0n) is 12.1. The van der Waals surface area contributed by atoms with Gasteiger partial charge in [-0.3, -0.25) is 4.90 Å². The predicted molar refractivity (Wildman–Crippen MR) is 76.3 cm³/mol. The van der Waals surface area contributed by atoms with E-state index in [1.165, 1.54) is 6.07 Å². The molecule has 124 valence electrons. The summed E-state index contributed by atoms with van der Waals surface area (Å²) in [4.78, 5) is 1.90. The van der Waals surface area contributed by atoms with Gasteiger partial charge in [-0.05, 0) is 17.7 Å². The molecule has 0 radical (unpaired) electrons. The van der Waals surface area contributed by atoms with Crippen LogP contribution in [0.15, 0.2) is 24.3 Å². The molecule has 1 aromatic rings. The van der Waals surface area contributed by atoms with E-state index in [4.69, 9.17) is 4.74 Å². The van der Waals surface area contributed by atoms with Gasteiger partial charge in [-0.15, -0.1) is 0 Å². The Labute approximate surface area is 127 Å². The molecule has 0 N–H and O–H groups in total. The molecule has 0 unspecified atom stereocenters. The van der Waals surface area contributed by atoms with Crippen molar-refractivity contribution >= 4 is 9.84 Å². The van der Waals surface area contributed by atoms with Crippen molar-refractivity contribution in [3.63, 3.8) is 0 Å². The topological polar surface area (TPSA) is 46.6 Å². The van der Waals surface area contributed by atoms with Crippen LogP contribution >= 0.6 is 0 Å². The maximum absolute atomic E-state index is 12.7. The maximum Gasteiger partial charge on any atom is 0.416 e. The Balaban J connectivity index is 2.06. The normalized spacial score (nSPS) is 21.0. The van der Waals surface area contributed by atoms with Crippen LogP contribution in [-0.4, -0.2) is 51.6 Å². The number of morpholine rings is 1. The summed E-state index contributed by atoms with van der Waals surface area (Å²) in [6.45, 7) is 1.68. The first-order valence-corrected chi connectivity index (χ1v) is 8.90. The van der Waals surface area contributed by atoms with Crippen LogP contribution in [0.1, 0.15) is 17.2 Å². The molecule has 0 amide bonds. The highest BCUT2D eigenvalue weighted by molar-refractivity contribution is 7.90. The van der Waals surface area contributed by atoms with Crippen LogP contribution in [0.4, 0.5) is 13.2 Å². The highest BCUT2D eigenvalue weighted by Crippen LogP contribution is 2.32. The molecule has 1 aromatic carbocycles. The maximum atomic E-state index is 12.7. The molecule has 1 fully saturated rings. The molecular formula is C14H18F3NO3S. The van der Waals surface area contributed by atoms with E-state index in [1.807, 2.05) is 4.90 Å². The molecule has 0 aromatic heterocycles. The van der Waals surface area contributed by atoms with Gasteiger partial charge in [0.05, 0.1) is 24.0 Å². The number of alkyl halides is 3. The van der Waals surface area contributed by atoms with Crippen molar-refractivity contribution < 1.29 is 26.3 Å². The molecule has 1 aliphatic rings. The molecule has 22 heavy (non-hydrogen) atoms. The van der Waals surface area contributed by atoms with E-state index >= 15 is 0 Å². The summed E-state index contributed by atoms with van der Waals surface area (Å²) in [5.74, 6) is 0.0301. The first-order chi connectivity index (χ1) is 10.1. The molecule has 0 spiro atoms. The molecule has 1 heterocycles. The third-order valence-corrected chi connectivity index (χ3v) is 4.44. The van der Waals surface area contributed by atoms with E-state index in [0.717, 1.165) is 18.4 Å². The minimum Gasteiger partial charge on any atom is -0.371 e. The van der Waals surface area contributed by atoms with Crippen molar-refractivity contribution in [3.05, 3.63) is 35.4 Å². The van der Waals surface area contributed by atoms with Crippen molar-refractivity contribution in [2.45, 2.75) is 12.3 Å². The summed E-state index contributed by atoms with van der Waals surface area (Å²) >= 11 is 0. The zero-order chi connectivity index (χ0) is 16.4. The lowest BCUT2D eigenvalue weighted by molar-refractivity contribution is -0.137. The van der Waals surface area contributed by atoms with Crippen molar-refractivity contribution in [2.75, 3.05) is 38.2 Å². The zero-order valence-corrected chi connectivity index (χ0v) is 13.0. The number of hydrogen-bond acceptors (Lipinski definition) is 4. The van der Waals surface area contributed by atoms with E-state index in [1.54, 1.807) is 6.07 Å². The first kappa shape index (κ1) is 17.2. The van der Waals surface area contributed by atoms with Gasteiger partial charge in [-0.25, -0.2) is 8.42 Å². The number of hydrogen-bond donors (Lipinski definition) is 0.